The molecule has 1 aromatic heterocycles. The van der Waals surface area contributed by atoms with Gasteiger partial charge < -0.3 is 10.2 Å². The van der Waals surface area contributed by atoms with Gasteiger partial charge in [0.2, 0.25) is 5.91 Å². The standard InChI is InChI=1S/C7H10N6O2/c1-4-6(14)8-2-3-13(4)7(15)5-9-11-12-10-5/h4H,2-3H2,1H3,(H,8,14)(H,9,10,11,12). The van der Waals surface area contributed by atoms with Crippen LogP contribution >= 0.6 is 0 Å². The third-order valence-electron chi connectivity index (χ3n) is 2.30. The zero-order chi connectivity index (χ0) is 10.8. The highest BCUT2D eigenvalue weighted by Gasteiger charge is 2.31. The molecule has 0 aromatic carbocycles. The molecular weight excluding hydrogens is 200 g/mol. The largest absolute Gasteiger partial charge is 0.353 e. The Morgan fingerprint density at radius 3 is 3.07 bits per heavy atom. The van der Waals surface area contributed by atoms with Crippen molar-refractivity contribution in [3.8, 4) is 0 Å². The Morgan fingerprint density at radius 2 is 2.40 bits per heavy atom. The van der Waals surface area contributed by atoms with E-state index in [0.717, 1.165) is 0 Å². The molecule has 2 amide bonds. The van der Waals surface area contributed by atoms with Crippen LogP contribution in [0.4, 0.5) is 0 Å². The first-order valence-corrected chi connectivity index (χ1v) is 4.52. The van der Waals surface area contributed by atoms with Crippen molar-refractivity contribution < 1.29 is 9.59 Å². The van der Waals surface area contributed by atoms with Crippen LogP contribution in [-0.4, -0.2) is 56.5 Å². The minimum atomic E-state index is -0.496. The van der Waals surface area contributed by atoms with Crippen LogP contribution in [0.2, 0.25) is 0 Å². The lowest BCUT2D eigenvalue weighted by molar-refractivity contribution is -0.127. The number of piperazine rings is 1. The highest BCUT2D eigenvalue weighted by atomic mass is 16.2. The van der Waals surface area contributed by atoms with Gasteiger partial charge in [0.1, 0.15) is 6.04 Å². The predicted octanol–water partition coefficient (Wildman–Crippen LogP) is -1.84. The van der Waals surface area contributed by atoms with Crippen LogP contribution in [0.1, 0.15) is 17.5 Å². The monoisotopic (exact) mass is 210 g/mol. The van der Waals surface area contributed by atoms with Gasteiger partial charge in [-0.2, -0.15) is 5.21 Å². The molecule has 1 fully saturated rings. The molecule has 8 heteroatoms. The van der Waals surface area contributed by atoms with Gasteiger partial charge in [-0.3, -0.25) is 9.59 Å². The number of carbonyl (C=O) groups excluding carboxylic acids is 2. The second kappa shape index (κ2) is 3.64. The number of amides is 2. The Balaban J connectivity index is 2.16. The number of hydrogen-bond donors (Lipinski definition) is 2. The van der Waals surface area contributed by atoms with E-state index in [1.54, 1.807) is 6.92 Å². The first-order valence-electron chi connectivity index (χ1n) is 4.52. The first kappa shape index (κ1) is 9.56. The van der Waals surface area contributed by atoms with Crippen molar-refractivity contribution in [1.82, 2.24) is 30.8 Å². The fourth-order valence-electron chi connectivity index (χ4n) is 1.44. The molecular formula is C7H10N6O2. The molecule has 1 unspecified atom stereocenters. The van der Waals surface area contributed by atoms with Gasteiger partial charge in [0, 0.05) is 13.1 Å². The highest BCUT2D eigenvalue weighted by Crippen LogP contribution is 2.06. The molecule has 0 aliphatic carbocycles. The SMILES string of the molecule is CC1C(=O)NCCN1C(=O)c1nn[nH]n1. The maximum absolute atomic E-state index is 11.8. The summed E-state index contributed by atoms with van der Waals surface area (Å²) in [5.74, 6) is -0.569. The van der Waals surface area contributed by atoms with Gasteiger partial charge in [0.15, 0.2) is 0 Å². The van der Waals surface area contributed by atoms with Gasteiger partial charge in [-0.25, -0.2) is 0 Å². The molecule has 2 heterocycles. The van der Waals surface area contributed by atoms with Crippen LogP contribution in [0.3, 0.4) is 0 Å². The molecule has 0 saturated carbocycles. The Labute approximate surface area is 85.0 Å². The van der Waals surface area contributed by atoms with Gasteiger partial charge in [-0.05, 0) is 12.1 Å². The predicted molar refractivity (Wildman–Crippen MR) is 47.7 cm³/mol. The minimum absolute atomic E-state index is 0.0171. The van der Waals surface area contributed by atoms with E-state index in [9.17, 15) is 9.59 Å². The molecule has 0 bridgehead atoms. The van der Waals surface area contributed by atoms with Gasteiger partial charge >= 0.3 is 0 Å². The summed E-state index contributed by atoms with van der Waals surface area (Å²) < 4.78 is 0. The molecule has 8 nitrogen and oxygen atoms in total. The average Bonchev–Trinajstić information content (AvgIpc) is 2.74. The molecule has 1 saturated heterocycles. The van der Waals surface area contributed by atoms with Crippen molar-refractivity contribution >= 4 is 11.8 Å². The van der Waals surface area contributed by atoms with Crippen LogP contribution < -0.4 is 5.32 Å². The summed E-state index contributed by atoms with van der Waals surface area (Å²) >= 11 is 0. The maximum atomic E-state index is 11.8. The molecule has 0 spiro atoms. The normalized spacial score (nSPS) is 21.3. The van der Waals surface area contributed by atoms with Crippen LogP contribution in [0.15, 0.2) is 0 Å². The molecule has 1 aliphatic rings. The Morgan fingerprint density at radius 1 is 1.60 bits per heavy atom. The molecule has 80 valence electrons. The van der Waals surface area contributed by atoms with Gasteiger partial charge in [0.25, 0.3) is 11.7 Å². The Kier molecular flexibility index (Phi) is 2.32. The van der Waals surface area contributed by atoms with E-state index in [1.165, 1.54) is 4.90 Å². The summed E-state index contributed by atoms with van der Waals surface area (Å²) in [6.45, 7) is 2.57. The van der Waals surface area contributed by atoms with Crippen LogP contribution in [0.5, 0.6) is 0 Å². The summed E-state index contributed by atoms with van der Waals surface area (Å²) in [7, 11) is 0. The number of aromatic nitrogens is 4. The molecule has 2 N–H and O–H groups in total. The summed E-state index contributed by atoms with van der Waals surface area (Å²) in [5.41, 5.74) is 0. The van der Waals surface area contributed by atoms with E-state index < -0.39 is 6.04 Å². The summed E-state index contributed by atoms with van der Waals surface area (Å²) in [4.78, 5) is 24.5. The average molecular weight is 210 g/mol. The van der Waals surface area contributed by atoms with E-state index in [-0.39, 0.29) is 17.6 Å². The number of hydrogen-bond acceptors (Lipinski definition) is 5. The van der Waals surface area contributed by atoms with Crippen LogP contribution in [0.25, 0.3) is 0 Å². The van der Waals surface area contributed by atoms with Crippen molar-refractivity contribution in [1.29, 1.82) is 0 Å². The zero-order valence-corrected chi connectivity index (χ0v) is 8.10. The van der Waals surface area contributed by atoms with Crippen molar-refractivity contribution in [2.24, 2.45) is 0 Å². The fraction of sp³-hybridized carbons (Fsp3) is 0.571. The zero-order valence-electron chi connectivity index (χ0n) is 8.10. The molecule has 1 atom stereocenters. The molecule has 15 heavy (non-hydrogen) atoms. The van der Waals surface area contributed by atoms with Crippen molar-refractivity contribution in [2.75, 3.05) is 13.1 Å². The van der Waals surface area contributed by atoms with Crippen LogP contribution in [-0.2, 0) is 4.79 Å². The minimum Gasteiger partial charge on any atom is -0.353 e. The number of nitrogens with one attached hydrogen (secondary N) is 2. The number of carbonyl (C=O) groups is 2. The van der Waals surface area contributed by atoms with Gasteiger partial charge in [0.05, 0.1) is 0 Å². The molecule has 2 rings (SSSR count). The third-order valence-corrected chi connectivity index (χ3v) is 2.30. The summed E-state index contributed by atoms with van der Waals surface area (Å²) in [6.07, 6.45) is 0. The molecule has 0 radical (unpaired) electrons. The van der Waals surface area contributed by atoms with Crippen molar-refractivity contribution in [3.63, 3.8) is 0 Å². The first-order chi connectivity index (χ1) is 7.20. The lowest BCUT2D eigenvalue weighted by Gasteiger charge is -2.31. The lowest BCUT2D eigenvalue weighted by Crippen LogP contribution is -2.56. The number of nitrogens with zero attached hydrogens (tertiary/aromatic N) is 4. The van der Waals surface area contributed by atoms with E-state index in [2.05, 4.69) is 25.9 Å². The number of tetrazole rings is 1. The van der Waals surface area contributed by atoms with Crippen molar-refractivity contribution in [2.45, 2.75) is 13.0 Å². The smallest absolute Gasteiger partial charge is 0.296 e. The van der Waals surface area contributed by atoms with Gasteiger partial charge in [-0.15, -0.1) is 10.2 Å². The number of aromatic amines is 1. The third kappa shape index (κ3) is 1.65. The van der Waals surface area contributed by atoms with E-state index in [0.29, 0.717) is 13.1 Å². The molecule has 1 aromatic rings. The summed E-state index contributed by atoms with van der Waals surface area (Å²) in [5, 5.41) is 15.3. The second-order valence-electron chi connectivity index (χ2n) is 3.20. The highest BCUT2D eigenvalue weighted by molar-refractivity contribution is 5.95. The number of rotatable bonds is 1. The molecule has 1 aliphatic heterocycles. The van der Waals surface area contributed by atoms with Crippen LogP contribution in [0, 0.1) is 0 Å². The number of H-pyrrole nitrogens is 1. The summed E-state index contributed by atoms with van der Waals surface area (Å²) in [6, 6.07) is -0.496. The maximum Gasteiger partial charge on any atom is 0.296 e. The Bertz CT molecular complexity index is 375. The van der Waals surface area contributed by atoms with E-state index in [4.69, 9.17) is 0 Å². The Hall–Kier alpha value is -1.99. The van der Waals surface area contributed by atoms with E-state index >= 15 is 0 Å². The lowest BCUT2D eigenvalue weighted by atomic mass is 10.2. The second-order valence-corrected chi connectivity index (χ2v) is 3.20. The van der Waals surface area contributed by atoms with Crippen molar-refractivity contribution in [3.05, 3.63) is 5.82 Å². The fourth-order valence-corrected chi connectivity index (χ4v) is 1.44. The van der Waals surface area contributed by atoms with Gasteiger partial charge in [-0.1, -0.05) is 0 Å². The van der Waals surface area contributed by atoms with E-state index in [1.807, 2.05) is 0 Å². The topological polar surface area (TPSA) is 104 Å². The quantitative estimate of drug-likeness (QED) is 0.566.